The van der Waals surface area contributed by atoms with E-state index in [4.69, 9.17) is 14.4 Å². The lowest BCUT2D eigenvalue weighted by atomic mass is 9.91. The van der Waals surface area contributed by atoms with Gasteiger partial charge in [0.15, 0.2) is 5.71 Å². The third-order valence-electron chi connectivity index (χ3n) is 5.21. The lowest BCUT2D eigenvalue weighted by Gasteiger charge is -2.26. The highest BCUT2D eigenvalue weighted by atomic mass is 19.1. The van der Waals surface area contributed by atoms with E-state index in [0.717, 1.165) is 29.7 Å². The molecule has 6 nitrogen and oxygen atoms in total. The van der Waals surface area contributed by atoms with E-state index in [1.807, 2.05) is 29.9 Å². The minimum atomic E-state index is -0.589. The molecule has 4 aliphatic rings. The summed E-state index contributed by atoms with van der Waals surface area (Å²) >= 11 is 0. The van der Waals surface area contributed by atoms with Crippen LogP contribution in [0.25, 0.3) is 0 Å². The van der Waals surface area contributed by atoms with Crippen LogP contribution in [-0.4, -0.2) is 36.4 Å². The molecule has 2 bridgehead atoms. The average molecular weight is 385 g/mol. The maximum absolute atomic E-state index is 13.4. The highest BCUT2D eigenvalue weighted by Gasteiger charge is 2.48. The van der Waals surface area contributed by atoms with Gasteiger partial charge in [0.05, 0.1) is 19.1 Å². The Morgan fingerprint density at radius 3 is 2.57 bits per heavy atom. The molecule has 5 rings (SSSR count). The Hall–Kier alpha value is -2.96. The van der Waals surface area contributed by atoms with Crippen molar-refractivity contribution in [2.24, 2.45) is 11.1 Å². The maximum atomic E-state index is 13.4. The van der Waals surface area contributed by atoms with Gasteiger partial charge in [0.2, 0.25) is 17.5 Å². The van der Waals surface area contributed by atoms with Crippen LogP contribution in [0.2, 0.25) is 0 Å². The van der Waals surface area contributed by atoms with E-state index in [9.17, 15) is 9.18 Å². The van der Waals surface area contributed by atoms with Gasteiger partial charge in [-0.2, -0.15) is 0 Å². The first kappa shape index (κ1) is 18.4. The number of rotatable bonds is 6. The van der Waals surface area contributed by atoms with Gasteiger partial charge in [-0.25, -0.2) is 14.0 Å². The van der Waals surface area contributed by atoms with E-state index in [1.54, 1.807) is 0 Å². The maximum Gasteiger partial charge on any atom is 0.360 e. The molecule has 0 amide bonds. The van der Waals surface area contributed by atoms with Gasteiger partial charge in [0, 0.05) is 17.6 Å². The van der Waals surface area contributed by atoms with Crippen molar-refractivity contribution in [3.8, 4) is 0 Å². The van der Waals surface area contributed by atoms with E-state index in [0.29, 0.717) is 23.7 Å². The number of benzene rings is 1. The molecule has 0 aromatic heterocycles. The molecule has 146 valence electrons. The van der Waals surface area contributed by atoms with Gasteiger partial charge in [-0.1, -0.05) is 5.16 Å². The largest absolute Gasteiger partial charge is 0.464 e. The van der Waals surface area contributed by atoms with E-state index < -0.39 is 5.97 Å². The second kappa shape index (κ2) is 7.22. The molecular weight excluding hydrogens is 363 g/mol. The molecule has 1 aromatic rings. The minimum absolute atomic E-state index is 0.00237. The Bertz CT molecular complexity index is 940. The fourth-order valence-corrected chi connectivity index (χ4v) is 3.76. The molecule has 2 aliphatic carbocycles. The Morgan fingerprint density at radius 2 is 2.00 bits per heavy atom. The second-order valence-corrected chi connectivity index (χ2v) is 7.20. The van der Waals surface area contributed by atoms with Crippen molar-refractivity contribution in [1.29, 1.82) is 0 Å². The van der Waals surface area contributed by atoms with Crippen molar-refractivity contribution >= 4 is 17.4 Å². The van der Waals surface area contributed by atoms with Gasteiger partial charge in [-0.3, -0.25) is 0 Å². The molecule has 1 fully saturated rings. The predicted octanol–water partition coefficient (Wildman–Crippen LogP) is 3.46. The van der Waals surface area contributed by atoms with Crippen molar-refractivity contribution in [2.45, 2.75) is 32.2 Å². The molecule has 1 atom stereocenters. The van der Waals surface area contributed by atoms with Crippen molar-refractivity contribution in [2.75, 3.05) is 14.2 Å². The van der Waals surface area contributed by atoms with Crippen molar-refractivity contribution in [3.63, 3.8) is 0 Å². The molecule has 0 N–H and O–H groups in total. The third kappa shape index (κ3) is 3.21. The first-order chi connectivity index (χ1) is 13.5. The van der Waals surface area contributed by atoms with Crippen LogP contribution in [0.3, 0.4) is 0 Å². The number of oxime groups is 1. The molecule has 1 saturated carbocycles. The Morgan fingerprint density at radius 1 is 1.29 bits per heavy atom. The number of esters is 1. The molecule has 0 spiro atoms. The predicted molar refractivity (Wildman–Crippen MR) is 100 cm³/mol. The fraction of sp³-hybridized carbons (Fsp3) is 0.381. The van der Waals surface area contributed by atoms with Crippen LogP contribution in [0.15, 0.2) is 52.4 Å². The van der Waals surface area contributed by atoms with Gasteiger partial charge in [0.25, 0.3) is 0 Å². The summed E-state index contributed by atoms with van der Waals surface area (Å²) in [5, 5.41) is 3.84. The summed E-state index contributed by atoms with van der Waals surface area (Å²) in [7, 11) is 2.68. The molecule has 7 heteroatoms. The summed E-state index contributed by atoms with van der Waals surface area (Å²) in [5.74, 6) is 0.187. The van der Waals surface area contributed by atoms with Crippen molar-refractivity contribution < 1.29 is 28.3 Å². The van der Waals surface area contributed by atoms with Crippen molar-refractivity contribution in [3.05, 3.63) is 58.6 Å². The summed E-state index contributed by atoms with van der Waals surface area (Å²) in [5.41, 5.74) is 3.57. The van der Waals surface area contributed by atoms with Crippen molar-refractivity contribution in [1.82, 2.24) is 0 Å². The van der Waals surface area contributed by atoms with Crippen LogP contribution in [0.4, 0.5) is 4.39 Å². The molecule has 0 radical (unpaired) electrons. The van der Waals surface area contributed by atoms with Gasteiger partial charge in [-0.05, 0) is 54.3 Å². The molecule has 2 heterocycles. The number of hydroxylamine groups is 1. The third-order valence-corrected chi connectivity index (χ3v) is 5.21. The average Bonchev–Trinajstić information content (AvgIpc) is 3.53. The molecule has 28 heavy (non-hydrogen) atoms. The van der Waals surface area contributed by atoms with Gasteiger partial charge >= 0.3 is 5.97 Å². The van der Waals surface area contributed by atoms with E-state index >= 15 is 0 Å². The Kier molecular flexibility index (Phi) is 4.75. The Balaban J connectivity index is 1.78. The normalized spacial score (nSPS) is 20.0. The molecule has 1 aromatic carbocycles. The standard InChI is InChI=1S/C21H22FN2O4/c1-12-10-16-11-17(18(23-27-3)21(25)26-2)20(12)28-24(16)19(13-4-5-13)14-6-8-15(22)9-7-14/h6-9,11,13,19H,4-5,10H2,1-3H3/q+1. The Labute approximate surface area is 162 Å². The lowest BCUT2D eigenvalue weighted by Crippen LogP contribution is -2.37. The summed E-state index contributed by atoms with van der Waals surface area (Å²) in [4.78, 5) is 23.2. The zero-order chi connectivity index (χ0) is 19.8. The lowest BCUT2D eigenvalue weighted by molar-refractivity contribution is -0.808. The van der Waals surface area contributed by atoms with Gasteiger partial charge in [0.1, 0.15) is 12.9 Å². The highest BCUT2D eigenvalue weighted by Crippen LogP contribution is 2.46. The number of carbonyl (C=O) groups is 1. The van der Waals surface area contributed by atoms with Crippen LogP contribution < -0.4 is 0 Å². The molecule has 0 saturated heterocycles. The zero-order valence-corrected chi connectivity index (χ0v) is 16.1. The smallest absolute Gasteiger partial charge is 0.360 e. The zero-order valence-electron chi connectivity index (χ0n) is 16.1. The number of nitrogens with zero attached hydrogens (tertiary/aromatic N) is 2. The number of hydrogen-bond acceptors (Lipinski definition) is 5. The fourth-order valence-electron chi connectivity index (χ4n) is 3.76. The molecular formula is C21H22FN2O4+. The minimum Gasteiger partial charge on any atom is -0.464 e. The van der Waals surface area contributed by atoms with Crippen LogP contribution in [-0.2, 0) is 19.2 Å². The SMILES string of the molecule is CON=C(C(=O)OC)C1=CC2=[N+](C(c3ccc(F)cc3)C3CC3)OC1=C(C)C2. The number of allylic oxidation sites excluding steroid dienone is 3. The molecule has 2 aliphatic heterocycles. The monoisotopic (exact) mass is 385 g/mol. The number of hydrogen-bond donors (Lipinski definition) is 0. The summed E-state index contributed by atoms with van der Waals surface area (Å²) in [6.07, 6.45) is 4.81. The highest BCUT2D eigenvalue weighted by molar-refractivity contribution is 6.45. The van der Waals surface area contributed by atoms with Gasteiger partial charge in [-0.15, -0.1) is 0 Å². The first-order valence-corrected chi connectivity index (χ1v) is 9.23. The van der Waals surface area contributed by atoms with E-state index in [1.165, 1.54) is 26.4 Å². The molecule has 1 unspecified atom stereocenters. The van der Waals surface area contributed by atoms with Gasteiger partial charge < -0.3 is 9.57 Å². The van der Waals surface area contributed by atoms with Crippen LogP contribution in [0.1, 0.15) is 37.8 Å². The number of halogens is 1. The summed E-state index contributed by atoms with van der Waals surface area (Å²) in [6.45, 7) is 1.96. The first-order valence-electron chi connectivity index (χ1n) is 9.23. The number of carbonyl (C=O) groups excluding carboxylic acids is 1. The summed E-state index contributed by atoms with van der Waals surface area (Å²) < 4.78 is 20.1. The van der Waals surface area contributed by atoms with E-state index in [-0.39, 0.29) is 17.6 Å². The van der Waals surface area contributed by atoms with Crippen LogP contribution in [0.5, 0.6) is 0 Å². The quantitative estimate of drug-likeness (QED) is 0.326. The number of ether oxygens (including phenoxy) is 1. The number of fused-ring (bicyclic) bond motifs is 2. The number of methoxy groups -OCH3 is 1. The summed E-state index contributed by atoms with van der Waals surface area (Å²) in [6, 6.07) is 6.57. The van der Waals surface area contributed by atoms with E-state index in [2.05, 4.69) is 5.16 Å². The van der Waals surface area contributed by atoms with Crippen LogP contribution >= 0.6 is 0 Å². The second-order valence-electron chi connectivity index (χ2n) is 7.20. The topological polar surface area (TPSA) is 60.1 Å². The van der Waals surface area contributed by atoms with Crippen LogP contribution in [0, 0.1) is 11.7 Å².